The van der Waals surface area contributed by atoms with Crippen LogP contribution in [0.2, 0.25) is 5.02 Å². The maximum atomic E-state index is 13.6. The highest BCUT2D eigenvalue weighted by Gasteiger charge is 2.19. The molecule has 0 aliphatic heterocycles. The van der Waals surface area contributed by atoms with Gasteiger partial charge in [-0.2, -0.15) is 0 Å². The first-order valence-corrected chi connectivity index (χ1v) is 15.5. The standard InChI is InChI=1S/C35H34ClN3O7S/c1-21(33(40)38-25-13-16-29(43-2)27(36)19-25)47-26-14-11-24(12-15-26)37-35(42)28(39-34(41)22-9-7-6-8-10-22)17-23-18-31(45-4)32(46-5)20-30(23)44-3/h6-21H,1-5H3,(H,37,42)(H,38,40)(H,39,41)/b28-17-. The second-order valence-electron chi connectivity index (χ2n) is 9.90. The van der Waals surface area contributed by atoms with Gasteiger partial charge in [0.2, 0.25) is 5.91 Å². The first-order valence-electron chi connectivity index (χ1n) is 14.3. The fraction of sp³-hybridized carbons (Fsp3) is 0.171. The van der Waals surface area contributed by atoms with Crippen LogP contribution >= 0.6 is 23.4 Å². The molecule has 0 radical (unpaired) electrons. The number of amides is 3. The lowest BCUT2D eigenvalue weighted by Crippen LogP contribution is -2.30. The molecule has 0 fully saturated rings. The number of thioether (sulfide) groups is 1. The fourth-order valence-electron chi connectivity index (χ4n) is 4.32. The summed E-state index contributed by atoms with van der Waals surface area (Å²) in [4.78, 5) is 40.3. The number of halogens is 1. The number of rotatable bonds is 13. The van der Waals surface area contributed by atoms with Crippen molar-refractivity contribution in [2.75, 3.05) is 39.1 Å². The van der Waals surface area contributed by atoms with E-state index in [0.29, 0.717) is 50.5 Å². The summed E-state index contributed by atoms with van der Waals surface area (Å²) < 4.78 is 21.5. The van der Waals surface area contributed by atoms with Crippen molar-refractivity contribution in [2.45, 2.75) is 17.1 Å². The van der Waals surface area contributed by atoms with Crippen LogP contribution in [0.3, 0.4) is 0 Å². The van der Waals surface area contributed by atoms with E-state index in [1.807, 2.05) is 0 Å². The van der Waals surface area contributed by atoms with Crippen molar-refractivity contribution in [1.29, 1.82) is 0 Å². The van der Waals surface area contributed by atoms with E-state index in [1.54, 1.807) is 91.9 Å². The van der Waals surface area contributed by atoms with Gasteiger partial charge in [0.05, 0.1) is 38.7 Å². The van der Waals surface area contributed by atoms with Crippen LogP contribution < -0.4 is 34.9 Å². The largest absolute Gasteiger partial charge is 0.496 e. The molecule has 0 aliphatic rings. The molecule has 4 aromatic carbocycles. The summed E-state index contributed by atoms with van der Waals surface area (Å²) in [6.07, 6.45) is 1.50. The summed E-state index contributed by atoms with van der Waals surface area (Å²) in [6.45, 7) is 1.79. The smallest absolute Gasteiger partial charge is 0.272 e. The third-order valence-electron chi connectivity index (χ3n) is 6.78. The normalized spacial score (nSPS) is 11.6. The molecule has 0 saturated heterocycles. The van der Waals surface area contributed by atoms with E-state index >= 15 is 0 Å². The van der Waals surface area contributed by atoms with Crippen LogP contribution in [0, 0.1) is 0 Å². The third kappa shape index (κ3) is 9.21. The van der Waals surface area contributed by atoms with E-state index in [2.05, 4.69) is 16.0 Å². The number of carbonyl (C=O) groups excluding carboxylic acids is 3. The SMILES string of the molecule is COc1ccc(NC(=O)C(C)Sc2ccc(NC(=O)/C(=C/c3cc(OC)c(OC)cc3OC)NC(=O)c3ccccc3)cc2)cc1Cl. The van der Waals surface area contributed by atoms with Gasteiger partial charge in [-0.3, -0.25) is 14.4 Å². The summed E-state index contributed by atoms with van der Waals surface area (Å²) >= 11 is 7.52. The molecule has 0 heterocycles. The Morgan fingerprint density at radius 1 is 0.723 bits per heavy atom. The minimum absolute atomic E-state index is 0.0354. The minimum Gasteiger partial charge on any atom is -0.496 e. The summed E-state index contributed by atoms with van der Waals surface area (Å²) in [5.74, 6) is 0.522. The van der Waals surface area contributed by atoms with Crippen molar-refractivity contribution < 1.29 is 33.3 Å². The van der Waals surface area contributed by atoms with Crippen LogP contribution in [-0.2, 0) is 9.59 Å². The molecule has 0 spiro atoms. The van der Waals surface area contributed by atoms with E-state index in [0.717, 1.165) is 4.90 Å². The van der Waals surface area contributed by atoms with Crippen molar-refractivity contribution in [1.82, 2.24) is 5.32 Å². The third-order valence-corrected chi connectivity index (χ3v) is 8.19. The maximum Gasteiger partial charge on any atom is 0.272 e. The van der Waals surface area contributed by atoms with Gasteiger partial charge in [0, 0.05) is 33.5 Å². The Bertz CT molecular complexity index is 1770. The van der Waals surface area contributed by atoms with Crippen molar-refractivity contribution >= 4 is 58.5 Å². The molecule has 47 heavy (non-hydrogen) atoms. The quantitative estimate of drug-likeness (QED) is 0.103. The van der Waals surface area contributed by atoms with Crippen LogP contribution in [0.15, 0.2) is 95.5 Å². The van der Waals surface area contributed by atoms with Crippen molar-refractivity contribution in [3.8, 4) is 23.0 Å². The van der Waals surface area contributed by atoms with Crippen molar-refractivity contribution in [2.24, 2.45) is 0 Å². The number of carbonyl (C=O) groups is 3. The number of methoxy groups -OCH3 is 4. The summed E-state index contributed by atoms with van der Waals surface area (Å²) in [5, 5.41) is 8.36. The van der Waals surface area contributed by atoms with Crippen LogP contribution in [0.1, 0.15) is 22.8 Å². The molecule has 10 nitrogen and oxygen atoms in total. The first-order chi connectivity index (χ1) is 22.6. The Morgan fingerprint density at radius 3 is 1.96 bits per heavy atom. The van der Waals surface area contributed by atoms with Gasteiger partial charge in [-0.05, 0) is 73.7 Å². The second-order valence-corrected chi connectivity index (χ2v) is 11.7. The number of nitrogens with one attached hydrogen (secondary N) is 3. The maximum absolute atomic E-state index is 13.6. The predicted molar refractivity (Wildman–Crippen MR) is 185 cm³/mol. The summed E-state index contributed by atoms with van der Waals surface area (Å²) in [7, 11) is 6.00. The van der Waals surface area contributed by atoms with Crippen LogP contribution in [0.4, 0.5) is 11.4 Å². The van der Waals surface area contributed by atoms with Gasteiger partial charge in [-0.25, -0.2) is 0 Å². The number of anilines is 2. The minimum atomic E-state index is -0.572. The molecule has 12 heteroatoms. The zero-order valence-electron chi connectivity index (χ0n) is 26.4. The molecule has 4 rings (SSSR count). The average Bonchev–Trinajstić information content (AvgIpc) is 3.08. The Labute approximate surface area is 282 Å². The van der Waals surface area contributed by atoms with E-state index in [1.165, 1.54) is 46.3 Å². The first kappa shape index (κ1) is 34.7. The molecule has 0 aromatic heterocycles. The topological polar surface area (TPSA) is 124 Å². The fourth-order valence-corrected chi connectivity index (χ4v) is 5.45. The molecule has 0 aliphatic carbocycles. The molecule has 244 valence electrons. The number of ether oxygens (including phenoxy) is 4. The van der Waals surface area contributed by atoms with Gasteiger partial charge in [-0.1, -0.05) is 29.8 Å². The Morgan fingerprint density at radius 2 is 1.34 bits per heavy atom. The van der Waals surface area contributed by atoms with E-state index in [4.69, 9.17) is 30.5 Å². The van der Waals surface area contributed by atoms with Crippen molar-refractivity contribution in [3.63, 3.8) is 0 Å². The molecule has 3 N–H and O–H groups in total. The zero-order valence-corrected chi connectivity index (χ0v) is 28.0. The highest BCUT2D eigenvalue weighted by molar-refractivity contribution is 8.00. The second kappa shape index (κ2) is 16.4. The molecular formula is C35H34ClN3O7S. The molecule has 1 unspecified atom stereocenters. The van der Waals surface area contributed by atoms with E-state index in [9.17, 15) is 14.4 Å². The van der Waals surface area contributed by atoms with Crippen LogP contribution in [-0.4, -0.2) is 51.4 Å². The van der Waals surface area contributed by atoms with Gasteiger partial charge in [-0.15, -0.1) is 11.8 Å². The molecule has 0 saturated carbocycles. The number of benzene rings is 4. The zero-order chi connectivity index (χ0) is 33.9. The molecule has 4 aromatic rings. The number of hydrogen-bond acceptors (Lipinski definition) is 8. The van der Waals surface area contributed by atoms with E-state index < -0.39 is 17.1 Å². The average molecular weight is 676 g/mol. The molecular weight excluding hydrogens is 642 g/mol. The predicted octanol–water partition coefficient (Wildman–Crippen LogP) is 6.90. The van der Waals surface area contributed by atoms with Crippen molar-refractivity contribution in [3.05, 3.63) is 107 Å². The van der Waals surface area contributed by atoms with Crippen LogP contribution in [0.5, 0.6) is 23.0 Å². The van der Waals surface area contributed by atoms with Gasteiger partial charge in [0.25, 0.3) is 11.8 Å². The molecule has 0 bridgehead atoms. The summed E-state index contributed by atoms with van der Waals surface area (Å²) in [5.41, 5.74) is 1.84. The Balaban J connectivity index is 1.51. The lowest BCUT2D eigenvalue weighted by atomic mass is 10.1. The number of hydrogen-bond donors (Lipinski definition) is 3. The lowest BCUT2D eigenvalue weighted by Gasteiger charge is -2.15. The van der Waals surface area contributed by atoms with E-state index in [-0.39, 0.29) is 11.6 Å². The van der Waals surface area contributed by atoms with Gasteiger partial charge < -0.3 is 34.9 Å². The summed E-state index contributed by atoms with van der Waals surface area (Å²) in [6, 6.07) is 23.8. The Hall–Kier alpha value is -5.13. The molecule has 3 amide bonds. The van der Waals surface area contributed by atoms with Gasteiger partial charge in [0.1, 0.15) is 17.2 Å². The highest BCUT2D eigenvalue weighted by atomic mass is 35.5. The highest BCUT2D eigenvalue weighted by Crippen LogP contribution is 2.36. The monoisotopic (exact) mass is 675 g/mol. The Kier molecular flexibility index (Phi) is 12.1. The van der Waals surface area contributed by atoms with Gasteiger partial charge >= 0.3 is 0 Å². The molecule has 1 atom stereocenters. The lowest BCUT2D eigenvalue weighted by molar-refractivity contribution is -0.115. The van der Waals surface area contributed by atoms with Crippen LogP contribution in [0.25, 0.3) is 6.08 Å². The van der Waals surface area contributed by atoms with Gasteiger partial charge in [0.15, 0.2) is 11.5 Å².